The van der Waals surface area contributed by atoms with Crippen LogP contribution >= 0.6 is 46.9 Å². The number of ether oxygens (including phenoxy) is 1. The van der Waals surface area contributed by atoms with Crippen LogP contribution in [0.2, 0.25) is 5.02 Å². The number of hydrogen-bond acceptors (Lipinski definition) is 7. The van der Waals surface area contributed by atoms with Crippen LogP contribution in [0, 0.1) is 0 Å². The van der Waals surface area contributed by atoms with Gasteiger partial charge in [0.2, 0.25) is 11.7 Å². The smallest absolute Gasteiger partial charge is 0.248 e. The van der Waals surface area contributed by atoms with Crippen LogP contribution in [0.25, 0.3) is 11.4 Å². The standard InChI is InChI=1S/C20H25ClN6O2S.HI/c1-5-22-20(27(3)11-16-12-30-19(24-16)13(2)28-4)23-10-17-25-18(26-29-17)14-7-6-8-15(21)9-14;/h6-9,12-13H,5,10-11H2,1-4H3,(H,22,23);1H. The molecular weight excluding hydrogens is 551 g/mol. The van der Waals surface area contributed by atoms with E-state index in [4.69, 9.17) is 20.9 Å². The van der Waals surface area contributed by atoms with Crippen LogP contribution in [0.4, 0.5) is 0 Å². The Morgan fingerprint density at radius 3 is 2.90 bits per heavy atom. The molecule has 0 amide bonds. The minimum Gasteiger partial charge on any atom is -0.375 e. The van der Waals surface area contributed by atoms with E-state index >= 15 is 0 Å². The Hall–Kier alpha value is -1.76. The summed E-state index contributed by atoms with van der Waals surface area (Å²) in [5.41, 5.74) is 1.77. The molecule has 3 aromatic rings. The number of thiazole rings is 1. The summed E-state index contributed by atoms with van der Waals surface area (Å²) in [7, 11) is 3.65. The number of benzene rings is 1. The van der Waals surface area contributed by atoms with Crippen LogP contribution in [0.5, 0.6) is 0 Å². The summed E-state index contributed by atoms with van der Waals surface area (Å²) in [5.74, 6) is 1.65. The van der Waals surface area contributed by atoms with E-state index in [1.807, 2.05) is 43.3 Å². The number of guanidine groups is 1. The highest BCUT2D eigenvalue weighted by molar-refractivity contribution is 14.0. The molecule has 0 saturated heterocycles. The molecule has 3 rings (SSSR count). The van der Waals surface area contributed by atoms with Gasteiger partial charge in [-0.15, -0.1) is 35.3 Å². The van der Waals surface area contributed by atoms with Crippen LogP contribution in [-0.4, -0.2) is 46.7 Å². The molecule has 1 unspecified atom stereocenters. The van der Waals surface area contributed by atoms with Crippen molar-refractivity contribution in [1.82, 2.24) is 25.3 Å². The monoisotopic (exact) mass is 576 g/mol. The van der Waals surface area contributed by atoms with E-state index in [9.17, 15) is 0 Å². The number of aromatic nitrogens is 3. The fraction of sp³-hybridized carbons (Fsp3) is 0.400. The first-order valence-electron chi connectivity index (χ1n) is 9.55. The summed E-state index contributed by atoms with van der Waals surface area (Å²) in [6.07, 6.45) is -0.0119. The highest BCUT2D eigenvalue weighted by Gasteiger charge is 2.14. The lowest BCUT2D eigenvalue weighted by Gasteiger charge is -2.20. The van der Waals surface area contributed by atoms with Crippen LogP contribution < -0.4 is 5.32 Å². The van der Waals surface area contributed by atoms with Crippen molar-refractivity contribution < 1.29 is 9.26 Å². The zero-order valence-corrected chi connectivity index (χ0v) is 21.7. The second kappa shape index (κ2) is 12.3. The lowest BCUT2D eigenvalue weighted by molar-refractivity contribution is 0.119. The Balaban J connectivity index is 0.00000341. The van der Waals surface area contributed by atoms with Gasteiger partial charge < -0.3 is 19.5 Å². The minimum absolute atomic E-state index is 0. The summed E-state index contributed by atoms with van der Waals surface area (Å²) in [4.78, 5) is 15.7. The van der Waals surface area contributed by atoms with Gasteiger partial charge in [0.15, 0.2) is 5.96 Å². The van der Waals surface area contributed by atoms with Gasteiger partial charge in [-0.3, -0.25) is 0 Å². The van der Waals surface area contributed by atoms with E-state index in [0.29, 0.717) is 23.3 Å². The Morgan fingerprint density at radius 1 is 1.39 bits per heavy atom. The third-order valence-corrected chi connectivity index (χ3v) is 5.57. The van der Waals surface area contributed by atoms with Crippen LogP contribution in [0.1, 0.15) is 36.5 Å². The summed E-state index contributed by atoms with van der Waals surface area (Å²) >= 11 is 7.63. The predicted octanol–water partition coefficient (Wildman–Crippen LogP) is 4.77. The molecule has 0 radical (unpaired) electrons. The van der Waals surface area contributed by atoms with E-state index in [-0.39, 0.29) is 36.6 Å². The highest BCUT2D eigenvalue weighted by atomic mass is 127. The fourth-order valence-electron chi connectivity index (χ4n) is 2.68. The van der Waals surface area contributed by atoms with Gasteiger partial charge in [-0.05, 0) is 26.0 Å². The zero-order chi connectivity index (χ0) is 21.5. The average Bonchev–Trinajstić information content (AvgIpc) is 3.40. The molecule has 0 aliphatic heterocycles. The minimum atomic E-state index is -0.0119. The van der Waals surface area contributed by atoms with Crippen LogP contribution in [0.3, 0.4) is 0 Å². The van der Waals surface area contributed by atoms with Gasteiger partial charge in [-0.2, -0.15) is 4.98 Å². The lowest BCUT2D eigenvalue weighted by atomic mass is 10.2. The first kappa shape index (κ1) is 25.5. The van der Waals surface area contributed by atoms with E-state index in [2.05, 4.69) is 25.4 Å². The molecule has 8 nitrogen and oxygen atoms in total. The Labute approximate surface area is 208 Å². The maximum absolute atomic E-state index is 6.03. The second-order valence-corrected chi connectivity index (χ2v) is 7.93. The first-order chi connectivity index (χ1) is 14.5. The molecule has 1 atom stereocenters. The van der Waals surface area contributed by atoms with Crippen LogP contribution in [-0.2, 0) is 17.8 Å². The molecule has 0 bridgehead atoms. The summed E-state index contributed by atoms with van der Waals surface area (Å²) in [6, 6.07) is 7.33. The fourth-order valence-corrected chi connectivity index (χ4v) is 3.71. The van der Waals surface area contributed by atoms with E-state index < -0.39 is 0 Å². The third kappa shape index (κ3) is 7.13. The van der Waals surface area contributed by atoms with Gasteiger partial charge in [0.1, 0.15) is 17.7 Å². The molecule has 11 heteroatoms. The maximum Gasteiger partial charge on any atom is 0.248 e. The predicted molar refractivity (Wildman–Crippen MR) is 134 cm³/mol. The molecule has 0 fully saturated rings. The Bertz CT molecular complexity index is 995. The van der Waals surface area contributed by atoms with Crippen LogP contribution in [0.15, 0.2) is 39.2 Å². The van der Waals surface area contributed by atoms with Gasteiger partial charge in [0.05, 0.1) is 12.2 Å². The molecule has 1 N–H and O–H groups in total. The van der Waals surface area contributed by atoms with Crippen molar-refractivity contribution in [2.24, 2.45) is 4.99 Å². The Morgan fingerprint density at radius 2 is 2.19 bits per heavy atom. The molecule has 2 heterocycles. The van der Waals surface area contributed by atoms with Crippen molar-refractivity contribution >= 4 is 52.9 Å². The molecule has 31 heavy (non-hydrogen) atoms. The molecule has 2 aromatic heterocycles. The lowest BCUT2D eigenvalue weighted by Crippen LogP contribution is -2.38. The van der Waals surface area contributed by atoms with Crippen molar-refractivity contribution in [2.45, 2.75) is 33.0 Å². The quantitative estimate of drug-likeness (QED) is 0.235. The SMILES string of the molecule is CCNC(=NCc1nc(-c2cccc(Cl)c2)no1)N(C)Cc1csc(C(C)OC)n1.I. The maximum atomic E-state index is 6.03. The van der Waals surface area contributed by atoms with Gasteiger partial charge in [0, 0.05) is 36.7 Å². The molecular formula is C20H26ClIN6O2S. The number of rotatable bonds is 8. The van der Waals surface area contributed by atoms with E-state index in [1.165, 1.54) is 0 Å². The Kier molecular flexibility index (Phi) is 10.1. The van der Waals surface area contributed by atoms with Crippen molar-refractivity contribution in [3.8, 4) is 11.4 Å². The summed E-state index contributed by atoms with van der Waals surface area (Å²) in [5, 5.41) is 10.9. The number of aliphatic imine (C=N–C) groups is 1. The number of nitrogens with one attached hydrogen (secondary N) is 1. The largest absolute Gasteiger partial charge is 0.375 e. The van der Waals surface area contributed by atoms with Crippen molar-refractivity contribution in [1.29, 1.82) is 0 Å². The number of nitrogens with zero attached hydrogens (tertiary/aromatic N) is 5. The molecule has 0 aliphatic carbocycles. The van der Waals surface area contributed by atoms with Gasteiger partial charge >= 0.3 is 0 Å². The topological polar surface area (TPSA) is 88.7 Å². The summed E-state index contributed by atoms with van der Waals surface area (Å²) < 4.78 is 10.7. The van der Waals surface area contributed by atoms with Gasteiger partial charge in [-0.1, -0.05) is 28.9 Å². The van der Waals surface area contributed by atoms with Crippen molar-refractivity contribution in [3.63, 3.8) is 0 Å². The van der Waals surface area contributed by atoms with E-state index in [0.717, 1.165) is 28.8 Å². The van der Waals surface area contributed by atoms with Crippen molar-refractivity contribution in [2.75, 3.05) is 20.7 Å². The molecule has 168 valence electrons. The molecule has 1 aromatic carbocycles. The third-order valence-electron chi connectivity index (χ3n) is 4.28. The molecule has 0 spiro atoms. The summed E-state index contributed by atoms with van der Waals surface area (Å²) in [6.45, 7) is 5.64. The second-order valence-electron chi connectivity index (χ2n) is 6.60. The normalized spacial score (nSPS) is 12.4. The molecule has 0 saturated carbocycles. The van der Waals surface area contributed by atoms with Gasteiger partial charge in [-0.25, -0.2) is 9.98 Å². The van der Waals surface area contributed by atoms with E-state index in [1.54, 1.807) is 30.6 Å². The number of methoxy groups -OCH3 is 1. The van der Waals surface area contributed by atoms with Gasteiger partial charge in [0.25, 0.3) is 0 Å². The number of hydrogen-bond donors (Lipinski definition) is 1. The van der Waals surface area contributed by atoms with Crippen molar-refractivity contribution in [3.05, 3.63) is 51.3 Å². The molecule has 0 aliphatic rings. The number of halogens is 2. The average molecular weight is 577 g/mol. The zero-order valence-electron chi connectivity index (χ0n) is 17.8. The first-order valence-corrected chi connectivity index (χ1v) is 10.8. The highest BCUT2D eigenvalue weighted by Crippen LogP contribution is 2.21.